The lowest BCUT2D eigenvalue weighted by Crippen LogP contribution is -2.34. The standard InChI is InChI=1S/C17H23N3O3/c1-3-10-19(12-9-17(22)23)16(21)8-7-14-13(2)18-15-6-4-5-11-20(14)15/h4-6,11H,3,7-10,12H2,1-2H3,(H,22,23). The van der Waals surface area contributed by atoms with Crippen LogP contribution in [0, 0.1) is 6.92 Å². The fourth-order valence-electron chi connectivity index (χ4n) is 2.71. The lowest BCUT2D eigenvalue weighted by Gasteiger charge is -2.21. The molecule has 0 atom stereocenters. The molecule has 0 aromatic carbocycles. The normalized spacial score (nSPS) is 10.9. The first-order valence-electron chi connectivity index (χ1n) is 7.95. The minimum atomic E-state index is -0.878. The molecule has 23 heavy (non-hydrogen) atoms. The average molecular weight is 317 g/mol. The van der Waals surface area contributed by atoms with Gasteiger partial charge in [-0.2, -0.15) is 0 Å². The largest absolute Gasteiger partial charge is 0.481 e. The number of amides is 1. The number of carboxylic acids is 1. The SMILES string of the molecule is CCCN(CCC(=O)O)C(=O)CCc1c(C)nc2ccccn12. The highest BCUT2D eigenvalue weighted by atomic mass is 16.4. The third-order valence-electron chi connectivity index (χ3n) is 3.85. The van der Waals surface area contributed by atoms with Gasteiger partial charge >= 0.3 is 5.97 Å². The van der Waals surface area contributed by atoms with Crippen LogP contribution in [0.15, 0.2) is 24.4 Å². The highest BCUT2D eigenvalue weighted by Crippen LogP contribution is 2.14. The molecule has 0 saturated heterocycles. The average Bonchev–Trinajstić information content (AvgIpc) is 2.84. The maximum Gasteiger partial charge on any atom is 0.305 e. The summed E-state index contributed by atoms with van der Waals surface area (Å²) in [7, 11) is 0. The lowest BCUT2D eigenvalue weighted by atomic mass is 10.2. The van der Waals surface area contributed by atoms with Crippen molar-refractivity contribution >= 4 is 17.5 Å². The Hall–Kier alpha value is -2.37. The minimum absolute atomic E-state index is 0.00150. The molecule has 0 bridgehead atoms. The van der Waals surface area contributed by atoms with E-state index in [9.17, 15) is 9.59 Å². The van der Waals surface area contributed by atoms with E-state index in [1.807, 2.05) is 42.6 Å². The quantitative estimate of drug-likeness (QED) is 0.810. The van der Waals surface area contributed by atoms with Crippen molar-refractivity contribution in [3.8, 4) is 0 Å². The van der Waals surface area contributed by atoms with E-state index in [4.69, 9.17) is 5.11 Å². The van der Waals surface area contributed by atoms with Gasteiger partial charge in [-0.05, 0) is 31.9 Å². The maximum absolute atomic E-state index is 12.4. The first kappa shape index (κ1) is 17.0. The van der Waals surface area contributed by atoms with Gasteiger partial charge < -0.3 is 14.4 Å². The topological polar surface area (TPSA) is 74.9 Å². The second-order valence-corrected chi connectivity index (χ2v) is 5.60. The van der Waals surface area contributed by atoms with Crippen LogP contribution in [0.2, 0.25) is 0 Å². The van der Waals surface area contributed by atoms with Crippen LogP contribution < -0.4 is 0 Å². The Morgan fingerprint density at radius 3 is 2.74 bits per heavy atom. The second-order valence-electron chi connectivity index (χ2n) is 5.60. The van der Waals surface area contributed by atoms with Crippen molar-refractivity contribution in [2.45, 2.75) is 39.5 Å². The summed E-state index contributed by atoms with van der Waals surface area (Å²) in [5, 5.41) is 8.80. The number of pyridine rings is 1. The first-order valence-corrected chi connectivity index (χ1v) is 7.95. The Bertz CT molecular complexity index is 693. The van der Waals surface area contributed by atoms with Crippen LogP contribution in [-0.4, -0.2) is 44.4 Å². The summed E-state index contributed by atoms with van der Waals surface area (Å²) in [5.41, 5.74) is 2.84. The monoisotopic (exact) mass is 317 g/mol. The summed E-state index contributed by atoms with van der Waals surface area (Å²) < 4.78 is 2.00. The Balaban J connectivity index is 2.03. The van der Waals surface area contributed by atoms with Crippen molar-refractivity contribution in [2.24, 2.45) is 0 Å². The molecule has 2 rings (SSSR count). The van der Waals surface area contributed by atoms with Crippen molar-refractivity contribution in [3.05, 3.63) is 35.8 Å². The summed E-state index contributed by atoms with van der Waals surface area (Å²) in [6.45, 7) is 4.79. The van der Waals surface area contributed by atoms with Crippen molar-refractivity contribution < 1.29 is 14.7 Å². The van der Waals surface area contributed by atoms with E-state index in [1.54, 1.807) is 4.90 Å². The van der Waals surface area contributed by atoms with Gasteiger partial charge in [0, 0.05) is 31.4 Å². The van der Waals surface area contributed by atoms with E-state index in [0.717, 1.165) is 23.5 Å². The molecule has 0 spiro atoms. The third-order valence-corrected chi connectivity index (χ3v) is 3.85. The Morgan fingerprint density at radius 2 is 2.04 bits per heavy atom. The molecule has 2 aromatic rings. The van der Waals surface area contributed by atoms with Crippen LogP contribution in [0.25, 0.3) is 5.65 Å². The smallest absolute Gasteiger partial charge is 0.305 e. The van der Waals surface area contributed by atoms with Crippen LogP contribution in [-0.2, 0) is 16.0 Å². The second kappa shape index (κ2) is 7.76. The van der Waals surface area contributed by atoms with Gasteiger partial charge in [-0.1, -0.05) is 13.0 Å². The number of aromatic nitrogens is 2. The maximum atomic E-state index is 12.4. The van der Waals surface area contributed by atoms with Gasteiger partial charge in [-0.25, -0.2) is 4.98 Å². The molecule has 2 aromatic heterocycles. The minimum Gasteiger partial charge on any atom is -0.481 e. The first-order chi connectivity index (χ1) is 11.0. The summed E-state index contributed by atoms with van der Waals surface area (Å²) >= 11 is 0. The Labute approximate surface area is 135 Å². The number of imidazole rings is 1. The molecule has 2 heterocycles. The fourth-order valence-corrected chi connectivity index (χ4v) is 2.71. The number of rotatable bonds is 8. The van der Waals surface area contributed by atoms with E-state index in [2.05, 4.69) is 4.98 Å². The lowest BCUT2D eigenvalue weighted by molar-refractivity contribution is -0.138. The molecule has 0 saturated carbocycles. The number of fused-ring (bicyclic) bond motifs is 1. The summed E-state index contributed by atoms with van der Waals surface area (Å²) in [5.74, 6) is -0.880. The van der Waals surface area contributed by atoms with Gasteiger partial charge in [0.2, 0.25) is 5.91 Å². The van der Waals surface area contributed by atoms with E-state index in [0.29, 0.717) is 19.4 Å². The molecule has 1 amide bonds. The molecular weight excluding hydrogens is 294 g/mol. The molecule has 0 radical (unpaired) electrons. The molecule has 0 aliphatic carbocycles. The number of carbonyl (C=O) groups is 2. The number of aliphatic carboxylic acids is 1. The molecule has 0 aliphatic heterocycles. The van der Waals surface area contributed by atoms with Gasteiger partial charge in [0.05, 0.1) is 12.1 Å². The van der Waals surface area contributed by atoms with E-state index in [-0.39, 0.29) is 18.9 Å². The number of nitrogens with zero attached hydrogens (tertiary/aromatic N) is 3. The highest BCUT2D eigenvalue weighted by Gasteiger charge is 2.16. The molecule has 6 nitrogen and oxygen atoms in total. The van der Waals surface area contributed by atoms with E-state index in [1.165, 1.54) is 0 Å². The molecule has 6 heteroatoms. The summed E-state index contributed by atoms with van der Waals surface area (Å²) in [4.78, 5) is 29.2. The van der Waals surface area contributed by atoms with Crippen LogP contribution in [0.4, 0.5) is 0 Å². The van der Waals surface area contributed by atoms with Crippen LogP contribution >= 0.6 is 0 Å². The molecule has 124 valence electrons. The number of hydrogen-bond acceptors (Lipinski definition) is 3. The highest BCUT2D eigenvalue weighted by molar-refractivity contribution is 5.77. The van der Waals surface area contributed by atoms with Crippen LogP contribution in [0.1, 0.15) is 37.6 Å². The van der Waals surface area contributed by atoms with Gasteiger partial charge in [-0.15, -0.1) is 0 Å². The molecule has 0 aliphatic rings. The van der Waals surface area contributed by atoms with Crippen molar-refractivity contribution in [1.82, 2.24) is 14.3 Å². The molecule has 0 unspecified atom stereocenters. The van der Waals surface area contributed by atoms with Crippen LogP contribution in [0.5, 0.6) is 0 Å². The van der Waals surface area contributed by atoms with Gasteiger partial charge in [0.1, 0.15) is 5.65 Å². The zero-order valence-corrected chi connectivity index (χ0v) is 13.7. The van der Waals surface area contributed by atoms with Gasteiger partial charge in [-0.3, -0.25) is 9.59 Å². The van der Waals surface area contributed by atoms with Crippen molar-refractivity contribution in [2.75, 3.05) is 13.1 Å². The molecule has 0 fully saturated rings. The van der Waals surface area contributed by atoms with Crippen LogP contribution in [0.3, 0.4) is 0 Å². The number of hydrogen-bond donors (Lipinski definition) is 1. The van der Waals surface area contributed by atoms with Gasteiger partial charge in [0.15, 0.2) is 0 Å². The van der Waals surface area contributed by atoms with E-state index < -0.39 is 5.97 Å². The summed E-state index contributed by atoms with van der Waals surface area (Å²) in [6.07, 6.45) is 3.72. The predicted octanol–water partition coefficient (Wildman–Crippen LogP) is 2.29. The van der Waals surface area contributed by atoms with Crippen molar-refractivity contribution in [3.63, 3.8) is 0 Å². The van der Waals surface area contributed by atoms with Crippen molar-refractivity contribution in [1.29, 1.82) is 0 Å². The number of carbonyl (C=O) groups excluding carboxylic acids is 1. The zero-order chi connectivity index (χ0) is 16.8. The number of carboxylic acid groups (broad SMARTS) is 1. The predicted molar refractivity (Wildman–Crippen MR) is 87.4 cm³/mol. The third kappa shape index (κ3) is 4.31. The summed E-state index contributed by atoms with van der Waals surface area (Å²) in [6, 6.07) is 5.82. The van der Waals surface area contributed by atoms with E-state index >= 15 is 0 Å². The zero-order valence-electron chi connectivity index (χ0n) is 13.7. The molecular formula is C17H23N3O3. The van der Waals surface area contributed by atoms with Gasteiger partial charge in [0.25, 0.3) is 0 Å². The molecule has 1 N–H and O–H groups in total. The Kier molecular flexibility index (Phi) is 5.73. The number of aryl methyl sites for hydroxylation is 2. The Morgan fingerprint density at radius 1 is 1.26 bits per heavy atom. The fraction of sp³-hybridized carbons (Fsp3) is 0.471.